The molecule has 1 amide bonds. The van der Waals surface area contributed by atoms with Gasteiger partial charge in [0.2, 0.25) is 5.91 Å². The molecule has 10 heteroatoms. The first-order valence-corrected chi connectivity index (χ1v) is 6.84. The fourth-order valence-electron chi connectivity index (χ4n) is 3.19. The molecule has 0 radical (unpaired) electrons. The van der Waals surface area contributed by atoms with Gasteiger partial charge < -0.3 is 25.4 Å². The number of amides is 1. The molecule has 0 aromatic rings. The third-order valence-corrected chi connectivity index (χ3v) is 4.33. The second kappa shape index (κ2) is 5.11. The van der Waals surface area contributed by atoms with E-state index >= 15 is 0 Å². The van der Waals surface area contributed by atoms with Crippen molar-refractivity contribution < 1.29 is 24.9 Å². The number of ether oxygens (including phenoxy) is 1. The molecule has 3 saturated heterocycles. The lowest BCUT2D eigenvalue weighted by Crippen LogP contribution is -2.71. The number of hydrogen-bond donors (Lipinski definition) is 7. The van der Waals surface area contributed by atoms with Crippen molar-refractivity contribution in [2.45, 2.75) is 49.5 Å². The predicted octanol–water partition coefficient (Wildman–Crippen LogP) is -4.67. The summed E-state index contributed by atoms with van der Waals surface area (Å²) in [6.07, 6.45) is -4.16. The zero-order valence-electron chi connectivity index (χ0n) is 11.6. The van der Waals surface area contributed by atoms with E-state index in [0.29, 0.717) is 0 Å². The summed E-state index contributed by atoms with van der Waals surface area (Å²) in [5, 5.41) is 38.3. The van der Waals surface area contributed by atoms with Gasteiger partial charge in [-0.25, -0.2) is 4.90 Å². The first-order chi connectivity index (χ1) is 9.86. The largest absolute Gasteiger partial charge is 0.394 e. The van der Waals surface area contributed by atoms with E-state index in [4.69, 9.17) is 10.5 Å². The summed E-state index contributed by atoms with van der Waals surface area (Å²) in [5.74, 6) is -0.245. The van der Waals surface area contributed by atoms with E-state index in [1.807, 2.05) is 0 Å². The molecule has 120 valence electrons. The summed E-state index contributed by atoms with van der Waals surface area (Å²) in [5.41, 5.74) is 4.12. The number of aliphatic hydroxyl groups is 3. The average Bonchev–Trinajstić information content (AvgIpc) is 2.91. The lowest BCUT2D eigenvalue weighted by Gasteiger charge is -2.40. The quantitative estimate of drug-likeness (QED) is 0.267. The number of aliphatic hydroxyl groups excluding tert-OH is 2. The number of nitrogens with two attached hydrogens (primary N) is 1. The smallest absolute Gasteiger partial charge is 0.242 e. The highest BCUT2D eigenvalue weighted by Gasteiger charge is 2.58. The van der Waals surface area contributed by atoms with E-state index in [1.165, 1.54) is 6.92 Å². The zero-order valence-corrected chi connectivity index (χ0v) is 11.6. The van der Waals surface area contributed by atoms with Gasteiger partial charge in [-0.05, 0) is 6.92 Å². The van der Waals surface area contributed by atoms with Crippen LogP contribution in [0.2, 0.25) is 0 Å². The van der Waals surface area contributed by atoms with Gasteiger partial charge in [0.05, 0.1) is 19.4 Å². The van der Waals surface area contributed by atoms with Gasteiger partial charge in [-0.2, -0.15) is 0 Å². The Labute approximate surface area is 121 Å². The molecule has 0 aromatic carbocycles. The van der Waals surface area contributed by atoms with Crippen molar-refractivity contribution in [2.75, 3.05) is 13.3 Å². The molecule has 0 saturated carbocycles. The van der Waals surface area contributed by atoms with Gasteiger partial charge in [0.25, 0.3) is 0 Å². The Hall–Kier alpha value is -0.850. The van der Waals surface area contributed by atoms with Gasteiger partial charge in [-0.3, -0.25) is 21.2 Å². The molecule has 3 rings (SSSR count). The van der Waals surface area contributed by atoms with Crippen molar-refractivity contribution in [1.29, 1.82) is 0 Å². The van der Waals surface area contributed by atoms with Crippen LogP contribution in [0.25, 0.3) is 0 Å². The molecule has 0 bridgehead atoms. The lowest BCUT2D eigenvalue weighted by molar-refractivity contribution is -0.150. The number of nitrogens with zero attached hydrogens (tertiary/aromatic N) is 1. The highest BCUT2D eigenvalue weighted by Crippen LogP contribution is 2.35. The van der Waals surface area contributed by atoms with Crippen LogP contribution in [-0.2, 0) is 9.53 Å². The Bertz CT molecular complexity index is 435. The molecule has 3 aliphatic rings. The number of rotatable bonds is 2. The number of carbonyl (C=O) groups is 1. The molecule has 8 N–H and O–H groups in total. The molecule has 0 aromatic heterocycles. The van der Waals surface area contributed by atoms with Crippen molar-refractivity contribution in [2.24, 2.45) is 5.73 Å². The van der Waals surface area contributed by atoms with Crippen molar-refractivity contribution in [3.8, 4) is 0 Å². The van der Waals surface area contributed by atoms with Gasteiger partial charge in [0.1, 0.15) is 36.4 Å². The van der Waals surface area contributed by atoms with Gasteiger partial charge in [-0.15, -0.1) is 0 Å². The van der Waals surface area contributed by atoms with Crippen LogP contribution in [0.3, 0.4) is 0 Å². The molecule has 3 aliphatic heterocycles. The van der Waals surface area contributed by atoms with E-state index < -0.39 is 49.1 Å². The zero-order chi connectivity index (χ0) is 15.4. The predicted molar refractivity (Wildman–Crippen MR) is 69.0 cm³/mol. The van der Waals surface area contributed by atoms with Crippen LogP contribution >= 0.6 is 0 Å². The average molecular weight is 303 g/mol. The van der Waals surface area contributed by atoms with Crippen LogP contribution in [0.5, 0.6) is 0 Å². The number of nitrogens with one attached hydrogen (secondary N) is 3. The van der Waals surface area contributed by atoms with Gasteiger partial charge in [-0.1, -0.05) is 0 Å². The Kier molecular flexibility index (Phi) is 3.66. The first-order valence-electron chi connectivity index (χ1n) is 6.84. The van der Waals surface area contributed by atoms with E-state index in [9.17, 15) is 20.1 Å². The number of carbonyl (C=O) groups excluding carboxylic acids is 1. The third-order valence-electron chi connectivity index (χ3n) is 4.33. The second-order valence-corrected chi connectivity index (χ2v) is 5.83. The maximum Gasteiger partial charge on any atom is 0.242 e. The molecular weight excluding hydrogens is 282 g/mol. The van der Waals surface area contributed by atoms with Crippen molar-refractivity contribution in [3.63, 3.8) is 0 Å². The van der Waals surface area contributed by atoms with E-state index in [-0.39, 0.29) is 12.6 Å². The monoisotopic (exact) mass is 303 g/mol. The summed E-state index contributed by atoms with van der Waals surface area (Å²) < 4.78 is 5.56. The fourth-order valence-corrected chi connectivity index (χ4v) is 3.19. The minimum absolute atomic E-state index is 0.245. The maximum atomic E-state index is 11.9. The molecule has 0 aliphatic carbocycles. The molecular formula is C11H21N5O5. The van der Waals surface area contributed by atoms with Crippen LogP contribution in [0.4, 0.5) is 0 Å². The Morgan fingerprint density at radius 2 is 2.29 bits per heavy atom. The van der Waals surface area contributed by atoms with Crippen LogP contribution in [0.1, 0.15) is 6.92 Å². The van der Waals surface area contributed by atoms with Crippen molar-refractivity contribution >= 4 is 5.91 Å². The van der Waals surface area contributed by atoms with Crippen LogP contribution < -0.4 is 21.7 Å². The summed E-state index contributed by atoms with van der Waals surface area (Å²) in [6, 6.07) is -0.533. The molecule has 3 fully saturated rings. The van der Waals surface area contributed by atoms with E-state index in [1.54, 1.807) is 4.90 Å². The van der Waals surface area contributed by atoms with Gasteiger partial charge >= 0.3 is 0 Å². The minimum Gasteiger partial charge on any atom is -0.394 e. The van der Waals surface area contributed by atoms with Crippen LogP contribution in [0.15, 0.2) is 0 Å². The molecule has 3 heterocycles. The Balaban J connectivity index is 1.82. The highest BCUT2D eigenvalue weighted by molar-refractivity contribution is 5.84. The van der Waals surface area contributed by atoms with Gasteiger partial charge in [0.15, 0.2) is 0 Å². The second-order valence-electron chi connectivity index (χ2n) is 5.83. The molecule has 0 spiro atoms. The molecule has 7 atom stereocenters. The van der Waals surface area contributed by atoms with Crippen LogP contribution in [-0.4, -0.2) is 81.9 Å². The fraction of sp³-hybridized carbons (Fsp3) is 0.909. The SMILES string of the molecule is C[C@@]1(O)[C@H](O)[C@@H](CO)O[C@H]1N1CNC2C(=O)NC(N)NC21. The lowest BCUT2D eigenvalue weighted by atomic mass is 9.95. The summed E-state index contributed by atoms with van der Waals surface area (Å²) in [4.78, 5) is 13.6. The highest BCUT2D eigenvalue weighted by atomic mass is 16.6. The molecule has 3 unspecified atom stereocenters. The van der Waals surface area contributed by atoms with Gasteiger partial charge in [0, 0.05) is 0 Å². The Morgan fingerprint density at radius 1 is 1.57 bits per heavy atom. The summed E-state index contributed by atoms with van der Waals surface area (Å²) in [7, 11) is 0. The van der Waals surface area contributed by atoms with E-state index in [2.05, 4.69) is 16.0 Å². The summed E-state index contributed by atoms with van der Waals surface area (Å²) in [6.45, 7) is 1.30. The maximum absolute atomic E-state index is 11.9. The summed E-state index contributed by atoms with van der Waals surface area (Å²) >= 11 is 0. The molecule has 10 nitrogen and oxygen atoms in total. The number of fused-ring (bicyclic) bond motifs is 1. The first kappa shape index (κ1) is 15.1. The van der Waals surface area contributed by atoms with Crippen LogP contribution in [0, 0.1) is 0 Å². The standard InChI is InChI=1S/C11H21N5O5/c1-11(20)6(18)4(2-17)21-9(11)16-3-13-5-7(16)14-10(12)15-8(5)19/h4-7,9-10,13-14,17-18,20H,2-3,12H2,1H3,(H,15,19)/t4-,5?,6-,7?,9-,10?,11-/m1/s1. The normalized spacial score (nSPS) is 51.0. The Morgan fingerprint density at radius 3 is 2.90 bits per heavy atom. The van der Waals surface area contributed by atoms with E-state index in [0.717, 1.165) is 0 Å². The van der Waals surface area contributed by atoms with Crippen molar-refractivity contribution in [1.82, 2.24) is 20.9 Å². The minimum atomic E-state index is -1.58. The van der Waals surface area contributed by atoms with Crippen molar-refractivity contribution in [3.05, 3.63) is 0 Å². The molecule has 21 heavy (non-hydrogen) atoms. The third kappa shape index (κ3) is 2.24. The number of hydrogen-bond acceptors (Lipinski definition) is 9. The topological polar surface area (TPSA) is 152 Å².